The van der Waals surface area contributed by atoms with E-state index >= 15 is 0 Å². The summed E-state index contributed by atoms with van der Waals surface area (Å²) in [6.07, 6.45) is 3.28. The predicted molar refractivity (Wildman–Crippen MR) is 109 cm³/mol. The van der Waals surface area contributed by atoms with E-state index in [1.807, 2.05) is 17.5 Å². The minimum absolute atomic E-state index is 0.0828. The first-order chi connectivity index (χ1) is 13.9. The summed E-state index contributed by atoms with van der Waals surface area (Å²) in [6, 6.07) is 8.24. The van der Waals surface area contributed by atoms with Crippen LogP contribution in [-0.4, -0.2) is 62.2 Å². The van der Waals surface area contributed by atoms with Gasteiger partial charge in [0.15, 0.2) is 6.61 Å². The molecule has 3 heterocycles. The number of hydrogen-bond acceptors (Lipinski definition) is 6. The van der Waals surface area contributed by atoms with Crippen molar-refractivity contribution >= 4 is 44.9 Å². The Morgan fingerprint density at radius 1 is 1.17 bits per heavy atom. The van der Waals surface area contributed by atoms with Gasteiger partial charge >= 0.3 is 0 Å². The number of nitrogens with zero attached hydrogens (tertiary/aromatic N) is 2. The largest absolute Gasteiger partial charge is 0.482 e. The monoisotopic (exact) mass is 433 g/mol. The molecule has 152 valence electrons. The van der Waals surface area contributed by atoms with Gasteiger partial charge in [-0.15, -0.1) is 11.3 Å². The molecule has 1 fully saturated rings. The van der Waals surface area contributed by atoms with E-state index in [4.69, 9.17) is 4.74 Å². The van der Waals surface area contributed by atoms with E-state index in [-0.39, 0.29) is 36.4 Å². The van der Waals surface area contributed by atoms with Crippen LogP contribution in [0.15, 0.2) is 46.7 Å². The number of carbonyl (C=O) groups is 2. The topological polar surface area (TPSA) is 96.0 Å². The molecule has 10 heteroatoms. The first-order valence-electron chi connectivity index (χ1n) is 9.01. The van der Waals surface area contributed by atoms with Gasteiger partial charge in [-0.25, -0.2) is 8.42 Å². The van der Waals surface area contributed by atoms with Crippen LogP contribution >= 0.6 is 11.3 Å². The minimum atomic E-state index is -3.74. The summed E-state index contributed by atoms with van der Waals surface area (Å²) in [6.45, 7) is 0.965. The Morgan fingerprint density at radius 3 is 2.69 bits per heavy atom. The smallest absolute Gasteiger partial charge is 0.262 e. The van der Waals surface area contributed by atoms with Crippen LogP contribution in [0.1, 0.15) is 4.88 Å². The number of hydrogen-bond donors (Lipinski definition) is 1. The number of nitrogens with one attached hydrogen (secondary N) is 1. The maximum Gasteiger partial charge on any atom is 0.262 e. The highest BCUT2D eigenvalue weighted by Gasteiger charge is 2.30. The number of benzene rings is 1. The molecule has 1 saturated heterocycles. The number of fused-ring (bicyclic) bond motifs is 1. The lowest BCUT2D eigenvalue weighted by Gasteiger charge is -2.33. The van der Waals surface area contributed by atoms with E-state index in [0.29, 0.717) is 24.5 Å². The summed E-state index contributed by atoms with van der Waals surface area (Å²) in [5, 5.41) is 4.55. The van der Waals surface area contributed by atoms with Crippen molar-refractivity contribution in [3.8, 4) is 5.75 Å². The number of thiophene rings is 1. The number of rotatable bonds is 4. The van der Waals surface area contributed by atoms with Crippen LogP contribution in [0.4, 0.5) is 5.69 Å². The lowest BCUT2D eigenvalue weighted by atomic mass is 10.2. The highest BCUT2D eigenvalue weighted by molar-refractivity contribution is 7.89. The molecule has 0 radical (unpaired) electrons. The molecule has 1 N–H and O–H groups in total. The number of piperazine rings is 1. The summed E-state index contributed by atoms with van der Waals surface area (Å²) in [7, 11) is -3.74. The van der Waals surface area contributed by atoms with E-state index in [1.54, 1.807) is 22.3 Å². The normalized spacial score (nSPS) is 17.7. The third-order valence-corrected chi connectivity index (χ3v) is 7.44. The van der Waals surface area contributed by atoms with Gasteiger partial charge in [0.05, 0.1) is 10.6 Å². The molecule has 0 spiro atoms. The van der Waals surface area contributed by atoms with Crippen molar-refractivity contribution in [3.05, 3.63) is 46.7 Å². The number of anilines is 1. The number of amides is 2. The standard InChI is InChI=1S/C19H19N3O5S2/c23-18-13-27-17-5-4-15(12-16(17)20-18)29(25,26)22-9-7-21(8-10-22)19(24)6-3-14-2-1-11-28-14/h1-6,11-12H,7-10,13H2,(H,20,23)/b6-3+. The van der Waals surface area contributed by atoms with E-state index < -0.39 is 10.0 Å². The first-order valence-corrected chi connectivity index (χ1v) is 11.3. The zero-order valence-electron chi connectivity index (χ0n) is 15.4. The molecular weight excluding hydrogens is 414 g/mol. The Morgan fingerprint density at radius 2 is 1.97 bits per heavy atom. The van der Waals surface area contributed by atoms with Gasteiger partial charge in [-0.3, -0.25) is 9.59 Å². The molecule has 0 bridgehead atoms. The fourth-order valence-corrected chi connectivity index (χ4v) is 5.23. The van der Waals surface area contributed by atoms with Crippen molar-refractivity contribution in [1.29, 1.82) is 0 Å². The fourth-order valence-electron chi connectivity index (χ4n) is 3.17. The van der Waals surface area contributed by atoms with Gasteiger partial charge in [0.2, 0.25) is 15.9 Å². The third kappa shape index (κ3) is 4.19. The molecule has 2 aliphatic rings. The Balaban J connectivity index is 1.42. The van der Waals surface area contributed by atoms with E-state index in [9.17, 15) is 18.0 Å². The van der Waals surface area contributed by atoms with Crippen LogP contribution in [0.2, 0.25) is 0 Å². The van der Waals surface area contributed by atoms with Gasteiger partial charge in [-0.2, -0.15) is 4.31 Å². The zero-order valence-corrected chi connectivity index (χ0v) is 17.0. The van der Waals surface area contributed by atoms with Gasteiger partial charge in [0.1, 0.15) is 5.75 Å². The van der Waals surface area contributed by atoms with Gasteiger partial charge in [0, 0.05) is 37.1 Å². The number of ether oxygens (including phenoxy) is 1. The second-order valence-electron chi connectivity index (χ2n) is 6.57. The predicted octanol–water partition coefficient (Wildman–Crippen LogP) is 1.63. The second-order valence-corrected chi connectivity index (χ2v) is 9.49. The van der Waals surface area contributed by atoms with Crippen molar-refractivity contribution < 1.29 is 22.7 Å². The van der Waals surface area contributed by atoms with Crippen LogP contribution in [0.25, 0.3) is 6.08 Å². The van der Waals surface area contributed by atoms with E-state index in [1.165, 1.54) is 28.6 Å². The Kier molecular flexibility index (Phi) is 5.39. The molecule has 2 aliphatic heterocycles. The maximum absolute atomic E-state index is 13.0. The van der Waals surface area contributed by atoms with Crippen LogP contribution in [-0.2, 0) is 19.6 Å². The molecule has 8 nitrogen and oxygen atoms in total. The Labute approximate surface area is 172 Å². The quantitative estimate of drug-likeness (QED) is 0.740. The average molecular weight is 434 g/mol. The van der Waals surface area contributed by atoms with Crippen LogP contribution < -0.4 is 10.1 Å². The molecule has 2 amide bonds. The van der Waals surface area contributed by atoms with Crippen molar-refractivity contribution in [2.75, 3.05) is 38.1 Å². The molecule has 0 atom stereocenters. The average Bonchev–Trinajstić information content (AvgIpc) is 3.25. The highest BCUT2D eigenvalue weighted by atomic mass is 32.2. The Hall–Kier alpha value is -2.69. The van der Waals surface area contributed by atoms with Crippen LogP contribution in [0.5, 0.6) is 5.75 Å². The molecule has 0 unspecified atom stereocenters. The zero-order chi connectivity index (χ0) is 20.4. The van der Waals surface area contributed by atoms with Gasteiger partial charge in [-0.1, -0.05) is 6.07 Å². The van der Waals surface area contributed by atoms with Crippen molar-refractivity contribution in [1.82, 2.24) is 9.21 Å². The van der Waals surface area contributed by atoms with Crippen LogP contribution in [0.3, 0.4) is 0 Å². The van der Waals surface area contributed by atoms with Crippen molar-refractivity contribution in [2.45, 2.75) is 4.90 Å². The molecule has 4 rings (SSSR count). The van der Waals surface area contributed by atoms with E-state index in [0.717, 1.165) is 4.88 Å². The summed E-state index contributed by atoms with van der Waals surface area (Å²) >= 11 is 1.54. The molecule has 0 aliphatic carbocycles. The molecule has 29 heavy (non-hydrogen) atoms. The van der Waals surface area contributed by atoms with Gasteiger partial charge < -0.3 is 15.0 Å². The summed E-state index contributed by atoms with van der Waals surface area (Å²) in [4.78, 5) is 26.5. The van der Waals surface area contributed by atoms with E-state index in [2.05, 4.69) is 5.32 Å². The molecular formula is C19H19N3O5S2. The van der Waals surface area contributed by atoms with Crippen LogP contribution in [0, 0.1) is 0 Å². The van der Waals surface area contributed by atoms with Gasteiger partial charge in [-0.05, 0) is 35.7 Å². The van der Waals surface area contributed by atoms with Crippen molar-refractivity contribution in [3.63, 3.8) is 0 Å². The SMILES string of the molecule is O=C1COc2ccc(S(=O)(=O)N3CCN(C(=O)/C=C/c4cccs4)CC3)cc2N1. The fraction of sp³-hybridized carbons (Fsp3) is 0.263. The summed E-state index contributed by atoms with van der Waals surface area (Å²) in [5.41, 5.74) is 0.342. The Bertz CT molecular complexity index is 1060. The lowest BCUT2D eigenvalue weighted by molar-refractivity contribution is -0.127. The second kappa shape index (κ2) is 7.97. The number of carbonyl (C=O) groups excluding carboxylic acids is 2. The van der Waals surface area contributed by atoms with Crippen molar-refractivity contribution in [2.24, 2.45) is 0 Å². The molecule has 2 aromatic rings. The molecule has 1 aromatic carbocycles. The minimum Gasteiger partial charge on any atom is -0.482 e. The maximum atomic E-state index is 13.0. The van der Waals surface area contributed by atoms with Gasteiger partial charge in [0.25, 0.3) is 5.91 Å². The highest BCUT2D eigenvalue weighted by Crippen LogP contribution is 2.31. The number of sulfonamides is 1. The summed E-state index contributed by atoms with van der Waals surface area (Å²) < 4.78 is 32.6. The first kappa shape index (κ1) is 19.6. The molecule has 0 saturated carbocycles. The molecule has 1 aromatic heterocycles. The summed E-state index contributed by atoms with van der Waals surface area (Å²) in [5.74, 6) is -0.0182. The lowest BCUT2D eigenvalue weighted by Crippen LogP contribution is -2.50. The third-order valence-electron chi connectivity index (χ3n) is 4.71.